The highest BCUT2D eigenvalue weighted by atomic mass is 16.6. The van der Waals surface area contributed by atoms with Gasteiger partial charge in [-0.2, -0.15) is 0 Å². The van der Waals surface area contributed by atoms with Gasteiger partial charge in [0.1, 0.15) is 0 Å². The number of amides is 1. The van der Waals surface area contributed by atoms with E-state index in [0.29, 0.717) is 11.6 Å². The van der Waals surface area contributed by atoms with E-state index < -0.39 is 0 Å². The molecule has 0 unspecified atom stereocenters. The highest BCUT2D eigenvalue weighted by Crippen LogP contribution is 2.26. The number of hydrogen-bond donors (Lipinski definition) is 2. The average molecular weight is 301 g/mol. The number of nitrogens with zero attached hydrogens (tertiary/aromatic N) is 1. The summed E-state index contributed by atoms with van der Waals surface area (Å²) in [7, 11) is 1.42. The van der Waals surface area contributed by atoms with E-state index in [1.807, 2.05) is 19.1 Å². The molecule has 0 atom stereocenters. The number of hydroxylamine groups is 1. The molecule has 0 saturated carbocycles. The quantitative estimate of drug-likeness (QED) is 0.828. The van der Waals surface area contributed by atoms with Crippen molar-refractivity contribution < 1.29 is 9.63 Å². The average Bonchev–Trinajstić information content (AvgIpc) is 2.83. The Morgan fingerprint density at radius 3 is 2.50 bits per heavy atom. The van der Waals surface area contributed by atoms with Crippen molar-refractivity contribution in [3.05, 3.63) is 47.3 Å². The van der Waals surface area contributed by atoms with E-state index in [1.165, 1.54) is 12.8 Å². The lowest BCUT2D eigenvalue weighted by Gasteiger charge is -2.14. The van der Waals surface area contributed by atoms with Crippen LogP contribution in [0.1, 0.15) is 41.5 Å². The van der Waals surface area contributed by atoms with Crippen LogP contribution < -0.4 is 10.8 Å². The Kier molecular flexibility index (Phi) is 4.88. The van der Waals surface area contributed by atoms with E-state index in [4.69, 9.17) is 0 Å². The van der Waals surface area contributed by atoms with E-state index >= 15 is 0 Å². The van der Waals surface area contributed by atoms with Crippen LogP contribution in [0.2, 0.25) is 0 Å². The molecule has 0 fully saturated rings. The molecule has 0 aliphatic rings. The lowest BCUT2D eigenvalue weighted by molar-refractivity contribution is 0.0537. The van der Waals surface area contributed by atoms with E-state index in [0.717, 1.165) is 16.9 Å². The lowest BCUT2D eigenvalue weighted by atomic mass is 10.1. The summed E-state index contributed by atoms with van der Waals surface area (Å²) >= 11 is 0. The van der Waals surface area contributed by atoms with Crippen molar-refractivity contribution in [1.82, 2.24) is 10.0 Å². The summed E-state index contributed by atoms with van der Waals surface area (Å²) in [6, 6.07) is 7.99. The maximum absolute atomic E-state index is 11.9. The molecule has 1 heterocycles. The first-order chi connectivity index (χ1) is 10.4. The SMILES string of the molecule is CONC(=O)c1ccc(C)c(Nc2ccn(C(C)C)c2C)c1. The summed E-state index contributed by atoms with van der Waals surface area (Å²) in [5, 5.41) is 3.41. The van der Waals surface area contributed by atoms with Crippen molar-refractivity contribution in [2.75, 3.05) is 12.4 Å². The monoisotopic (exact) mass is 301 g/mol. The molecule has 5 nitrogen and oxygen atoms in total. The summed E-state index contributed by atoms with van der Waals surface area (Å²) in [6.45, 7) is 8.39. The minimum atomic E-state index is -0.262. The Morgan fingerprint density at radius 2 is 1.91 bits per heavy atom. The second kappa shape index (κ2) is 6.66. The number of carbonyl (C=O) groups excluding carboxylic acids is 1. The van der Waals surface area contributed by atoms with Crippen molar-refractivity contribution in [3.8, 4) is 0 Å². The van der Waals surface area contributed by atoms with Crippen molar-refractivity contribution in [3.63, 3.8) is 0 Å². The first kappa shape index (κ1) is 16.1. The first-order valence-electron chi connectivity index (χ1n) is 7.32. The third-order valence-electron chi connectivity index (χ3n) is 3.70. The van der Waals surface area contributed by atoms with Gasteiger partial charge in [0, 0.05) is 29.2 Å². The van der Waals surface area contributed by atoms with E-state index in [-0.39, 0.29) is 5.91 Å². The molecular weight excluding hydrogens is 278 g/mol. The fourth-order valence-electron chi connectivity index (χ4n) is 2.41. The molecule has 2 aromatic rings. The molecule has 5 heteroatoms. The second-order valence-corrected chi connectivity index (χ2v) is 5.61. The fraction of sp³-hybridized carbons (Fsp3) is 0.353. The number of aromatic nitrogens is 1. The summed E-state index contributed by atoms with van der Waals surface area (Å²) in [4.78, 5) is 16.5. The van der Waals surface area contributed by atoms with Crippen LogP contribution in [0, 0.1) is 13.8 Å². The van der Waals surface area contributed by atoms with Gasteiger partial charge in [0.05, 0.1) is 12.8 Å². The van der Waals surface area contributed by atoms with Gasteiger partial charge in [-0.3, -0.25) is 9.63 Å². The Bertz CT molecular complexity index is 675. The smallest absolute Gasteiger partial charge is 0.274 e. The molecule has 118 valence electrons. The predicted octanol–water partition coefficient (Wildman–Crippen LogP) is 3.72. The maximum atomic E-state index is 11.9. The van der Waals surface area contributed by atoms with Gasteiger partial charge in [-0.15, -0.1) is 0 Å². The summed E-state index contributed by atoms with van der Waals surface area (Å²) in [5.41, 5.74) is 7.08. The number of hydrogen-bond acceptors (Lipinski definition) is 3. The first-order valence-corrected chi connectivity index (χ1v) is 7.32. The molecule has 1 aromatic carbocycles. The predicted molar refractivity (Wildman–Crippen MR) is 88.5 cm³/mol. The van der Waals surface area contributed by atoms with Gasteiger partial charge >= 0.3 is 0 Å². The molecule has 0 aliphatic heterocycles. The number of aryl methyl sites for hydroxylation is 1. The second-order valence-electron chi connectivity index (χ2n) is 5.61. The van der Waals surface area contributed by atoms with Gasteiger partial charge in [0.2, 0.25) is 0 Å². The minimum absolute atomic E-state index is 0.262. The van der Waals surface area contributed by atoms with Crippen LogP contribution in [-0.4, -0.2) is 17.6 Å². The van der Waals surface area contributed by atoms with Crippen molar-refractivity contribution in [1.29, 1.82) is 0 Å². The Hall–Kier alpha value is -2.27. The summed E-state index contributed by atoms with van der Waals surface area (Å²) in [6.07, 6.45) is 2.07. The number of nitrogens with one attached hydrogen (secondary N) is 2. The van der Waals surface area contributed by atoms with Gasteiger partial charge in [-0.25, -0.2) is 5.48 Å². The highest BCUT2D eigenvalue weighted by Gasteiger charge is 2.11. The van der Waals surface area contributed by atoms with Crippen LogP contribution in [0.15, 0.2) is 30.5 Å². The molecule has 0 radical (unpaired) electrons. The van der Waals surface area contributed by atoms with E-state index in [9.17, 15) is 4.79 Å². The Balaban J connectivity index is 2.29. The molecule has 2 rings (SSSR count). The van der Waals surface area contributed by atoms with Crippen LogP contribution in [0.5, 0.6) is 0 Å². The van der Waals surface area contributed by atoms with Gasteiger partial charge in [-0.1, -0.05) is 6.07 Å². The molecule has 22 heavy (non-hydrogen) atoms. The fourth-order valence-corrected chi connectivity index (χ4v) is 2.41. The normalized spacial score (nSPS) is 10.8. The zero-order valence-electron chi connectivity index (χ0n) is 13.7. The number of benzene rings is 1. The Morgan fingerprint density at radius 1 is 1.18 bits per heavy atom. The largest absolute Gasteiger partial charge is 0.354 e. The molecule has 0 saturated heterocycles. The minimum Gasteiger partial charge on any atom is -0.354 e. The molecule has 0 bridgehead atoms. The van der Waals surface area contributed by atoms with Crippen molar-refractivity contribution >= 4 is 17.3 Å². The van der Waals surface area contributed by atoms with E-state index in [1.54, 1.807) is 6.07 Å². The zero-order chi connectivity index (χ0) is 16.3. The van der Waals surface area contributed by atoms with Crippen LogP contribution >= 0.6 is 0 Å². The standard InChI is InChI=1S/C17H23N3O2/c1-11(2)20-9-8-15(13(20)4)18-16-10-14(7-6-12(16)3)17(21)19-22-5/h6-11,18H,1-5H3,(H,19,21). The van der Waals surface area contributed by atoms with Crippen LogP contribution in [0.3, 0.4) is 0 Å². The third-order valence-corrected chi connectivity index (χ3v) is 3.70. The number of rotatable bonds is 5. The van der Waals surface area contributed by atoms with Crippen LogP contribution in [-0.2, 0) is 4.84 Å². The van der Waals surface area contributed by atoms with E-state index in [2.05, 4.69) is 53.2 Å². The van der Waals surface area contributed by atoms with Gasteiger partial charge in [0.15, 0.2) is 0 Å². The molecule has 1 amide bonds. The summed E-state index contributed by atoms with van der Waals surface area (Å²) < 4.78 is 2.21. The molecular formula is C17H23N3O2. The molecule has 0 aliphatic carbocycles. The molecule has 2 N–H and O–H groups in total. The molecule has 1 aromatic heterocycles. The zero-order valence-corrected chi connectivity index (χ0v) is 13.7. The van der Waals surface area contributed by atoms with Crippen LogP contribution in [0.4, 0.5) is 11.4 Å². The summed E-state index contributed by atoms with van der Waals surface area (Å²) in [5.74, 6) is -0.262. The lowest BCUT2D eigenvalue weighted by Crippen LogP contribution is -2.21. The number of carbonyl (C=O) groups is 1. The third kappa shape index (κ3) is 3.31. The number of anilines is 2. The van der Waals surface area contributed by atoms with Gasteiger partial charge < -0.3 is 9.88 Å². The van der Waals surface area contributed by atoms with Crippen LogP contribution in [0.25, 0.3) is 0 Å². The topological polar surface area (TPSA) is 55.3 Å². The van der Waals surface area contributed by atoms with Gasteiger partial charge in [0.25, 0.3) is 5.91 Å². The van der Waals surface area contributed by atoms with Gasteiger partial charge in [-0.05, 0) is 51.5 Å². The Labute approximate surface area is 131 Å². The van der Waals surface area contributed by atoms with Crippen molar-refractivity contribution in [2.45, 2.75) is 33.7 Å². The highest BCUT2D eigenvalue weighted by molar-refractivity contribution is 5.94. The molecule has 0 spiro atoms. The maximum Gasteiger partial charge on any atom is 0.274 e. The van der Waals surface area contributed by atoms with Crippen molar-refractivity contribution in [2.24, 2.45) is 0 Å².